The fourth-order valence-electron chi connectivity index (χ4n) is 4.98. The topological polar surface area (TPSA) is 65.6 Å². The van der Waals surface area contributed by atoms with E-state index >= 15 is 0 Å². The third-order valence-electron chi connectivity index (χ3n) is 7.30. The minimum Gasteiger partial charge on any atom is -0.385 e. The monoisotopic (exact) mass is 539 g/mol. The molecular weight excluding hydrogens is 498 g/mol. The molecule has 0 fully saturated rings. The van der Waals surface area contributed by atoms with Crippen LogP contribution >= 0.6 is 0 Å². The maximum absolute atomic E-state index is 13.8. The quantitative estimate of drug-likeness (QED) is 0.181. The van der Waals surface area contributed by atoms with E-state index in [0.29, 0.717) is 38.2 Å². The summed E-state index contributed by atoms with van der Waals surface area (Å²) >= 11 is 0. The van der Waals surface area contributed by atoms with E-state index in [2.05, 4.69) is 24.0 Å². The van der Waals surface area contributed by atoms with Gasteiger partial charge in [0, 0.05) is 56.0 Å². The summed E-state index contributed by atoms with van der Waals surface area (Å²) in [6.45, 7) is 4.24. The summed E-state index contributed by atoms with van der Waals surface area (Å²) in [6, 6.07) is 26.1. The number of methoxy groups -OCH3 is 1. The first-order valence-electron chi connectivity index (χ1n) is 14.3. The van der Waals surface area contributed by atoms with Gasteiger partial charge in [0.1, 0.15) is 6.54 Å². The lowest BCUT2D eigenvalue weighted by atomic mass is 10.1. The van der Waals surface area contributed by atoms with Gasteiger partial charge in [0.05, 0.1) is 0 Å². The molecule has 2 amide bonds. The van der Waals surface area contributed by atoms with Gasteiger partial charge in [-0.15, -0.1) is 0 Å². The second-order valence-electron chi connectivity index (χ2n) is 10.3. The molecule has 0 aliphatic rings. The van der Waals surface area contributed by atoms with Crippen LogP contribution in [0.3, 0.4) is 0 Å². The lowest BCUT2D eigenvalue weighted by molar-refractivity contribution is -0.132. The molecule has 0 saturated heterocycles. The number of carbonyl (C=O) groups is 2. The second-order valence-corrected chi connectivity index (χ2v) is 10.3. The highest BCUT2D eigenvalue weighted by Gasteiger charge is 2.23. The summed E-state index contributed by atoms with van der Waals surface area (Å²) in [7, 11) is 1.65. The van der Waals surface area contributed by atoms with Crippen LogP contribution in [0.15, 0.2) is 85.1 Å². The van der Waals surface area contributed by atoms with Crippen molar-refractivity contribution in [2.45, 2.75) is 45.6 Å². The number of aryl methyl sites for hydroxylation is 1. The number of benzene rings is 3. The number of carbonyl (C=O) groups excluding carboxylic acids is 2. The van der Waals surface area contributed by atoms with Crippen molar-refractivity contribution in [2.24, 2.45) is 0 Å². The van der Waals surface area contributed by atoms with E-state index in [1.165, 1.54) is 16.5 Å². The molecule has 0 bridgehead atoms. The van der Waals surface area contributed by atoms with E-state index < -0.39 is 0 Å². The highest BCUT2D eigenvalue weighted by molar-refractivity contribution is 5.96. The Morgan fingerprint density at radius 1 is 0.800 bits per heavy atom. The van der Waals surface area contributed by atoms with Crippen LogP contribution in [0, 0.1) is 0 Å². The summed E-state index contributed by atoms with van der Waals surface area (Å²) in [5.74, 6) is -0.184. The number of rotatable bonds is 15. The average molecular weight is 540 g/mol. The third-order valence-corrected chi connectivity index (χ3v) is 7.30. The molecule has 1 aromatic heterocycles. The average Bonchev–Trinajstić information content (AvgIpc) is 3.41. The Bertz CT molecular complexity index is 1350. The Morgan fingerprint density at radius 3 is 2.30 bits per heavy atom. The Labute approximate surface area is 238 Å². The first kappa shape index (κ1) is 29.1. The number of ether oxygens (including phenoxy) is 1. The summed E-state index contributed by atoms with van der Waals surface area (Å²) in [6.07, 6.45) is 6.68. The lowest BCUT2D eigenvalue weighted by Crippen LogP contribution is -2.44. The van der Waals surface area contributed by atoms with E-state index in [1.54, 1.807) is 12.0 Å². The number of nitrogens with one attached hydrogen (secondary N) is 1. The summed E-state index contributed by atoms with van der Waals surface area (Å²) < 4.78 is 5.24. The minimum atomic E-state index is -0.122. The van der Waals surface area contributed by atoms with Gasteiger partial charge >= 0.3 is 0 Å². The van der Waals surface area contributed by atoms with Crippen molar-refractivity contribution >= 4 is 22.7 Å². The van der Waals surface area contributed by atoms with Crippen LogP contribution in [-0.4, -0.2) is 59.9 Å². The van der Waals surface area contributed by atoms with Crippen molar-refractivity contribution in [1.29, 1.82) is 0 Å². The number of aromatic nitrogens is 1. The van der Waals surface area contributed by atoms with Gasteiger partial charge < -0.3 is 19.5 Å². The zero-order valence-corrected chi connectivity index (χ0v) is 23.8. The summed E-state index contributed by atoms with van der Waals surface area (Å²) in [5, 5.41) is 1.17. The van der Waals surface area contributed by atoms with Gasteiger partial charge in [-0.05, 0) is 60.6 Å². The molecule has 0 radical (unpaired) electrons. The zero-order valence-electron chi connectivity index (χ0n) is 23.8. The standard InChI is InChI=1S/C34H41N3O3/c1-3-4-11-27-16-18-29(19-17-27)34(39)37(21-10-23-40-2)26-33(38)36(25-28-12-6-5-7-13-28)22-20-30-24-35-32-15-9-8-14-31(30)32/h5-9,12-19,24,35H,3-4,10-11,20-23,25-26H2,1-2H3. The fourth-order valence-corrected chi connectivity index (χ4v) is 4.98. The van der Waals surface area contributed by atoms with Crippen molar-refractivity contribution in [3.8, 4) is 0 Å². The number of fused-ring (bicyclic) bond motifs is 1. The molecule has 0 spiro atoms. The Hall–Kier alpha value is -3.90. The van der Waals surface area contributed by atoms with Gasteiger partial charge in [-0.1, -0.05) is 74.0 Å². The number of para-hydroxylation sites is 1. The number of aromatic amines is 1. The van der Waals surface area contributed by atoms with Crippen molar-refractivity contribution in [3.05, 3.63) is 107 Å². The van der Waals surface area contributed by atoms with Crippen LogP contribution < -0.4 is 0 Å². The summed E-state index contributed by atoms with van der Waals surface area (Å²) in [5.41, 5.74) is 5.17. The number of nitrogens with zero attached hydrogens (tertiary/aromatic N) is 2. The lowest BCUT2D eigenvalue weighted by Gasteiger charge is -2.28. The Balaban J connectivity index is 1.50. The van der Waals surface area contributed by atoms with E-state index in [4.69, 9.17) is 4.74 Å². The maximum atomic E-state index is 13.8. The second kappa shape index (κ2) is 15.0. The third kappa shape index (κ3) is 8.06. The number of amides is 2. The van der Waals surface area contributed by atoms with Crippen LogP contribution in [0.1, 0.15) is 53.2 Å². The molecule has 4 rings (SSSR count). The molecule has 3 aromatic carbocycles. The number of hydrogen-bond acceptors (Lipinski definition) is 3. The van der Waals surface area contributed by atoms with Crippen LogP contribution in [0.4, 0.5) is 0 Å². The Kier molecular flexibility index (Phi) is 10.9. The SMILES string of the molecule is CCCCc1ccc(C(=O)N(CCCOC)CC(=O)N(CCc2c[nH]c3ccccc23)Cc2ccccc2)cc1. The van der Waals surface area contributed by atoms with Crippen molar-refractivity contribution in [1.82, 2.24) is 14.8 Å². The van der Waals surface area contributed by atoms with E-state index in [0.717, 1.165) is 36.8 Å². The molecule has 0 aliphatic carbocycles. The minimum absolute atomic E-state index is 0.0286. The number of unbranched alkanes of at least 4 members (excludes halogenated alkanes) is 1. The number of hydrogen-bond donors (Lipinski definition) is 1. The van der Waals surface area contributed by atoms with Crippen molar-refractivity contribution < 1.29 is 14.3 Å². The van der Waals surface area contributed by atoms with Gasteiger partial charge in [-0.2, -0.15) is 0 Å². The first-order chi connectivity index (χ1) is 19.6. The molecule has 0 atom stereocenters. The largest absolute Gasteiger partial charge is 0.385 e. The highest BCUT2D eigenvalue weighted by Crippen LogP contribution is 2.19. The Morgan fingerprint density at radius 2 is 1.55 bits per heavy atom. The fraction of sp³-hybridized carbons (Fsp3) is 0.353. The maximum Gasteiger partial charge on any atom is 0.254 e. The van der Waals surface area contributed by atoms with Gasteiger partial charge in [0.15, 0.2) is 0 Å². The number of H-pyrrole nitrogens is 1. The summed E-state index contributed by atoms with van der Waals surface area (Å²) in [4.78, 5) is 34.3. The highest BCUT2D eigenvalue weighted by atomic mass is 16.5. The molecule has 0 unspecified atom stereocenters. The van der Waals surface area contributed by atoms with Crippen LogP contribution in [0.25, 0.3) is 10.9 Å². The molecule has 210 valence electrons. The van der Waals surface area contributed by atoms with E-state index in [-0.39, 0.29) is 18.4 Å². The van der Waals surface area contributed by atoms with Gasteiger partial charge in [-0.25, -0.2) is 0 Å². The normalized spacial score (nSPS) is 11.1. The molecule has 1 N–H and O–H groups in total. The van der Waals surface area contributed by atoms with Crippen LogP contribution in [0.5, 0.6) is 0 Å². The molecular formula is C34H41N3O3. The van der Waals surface area contributed by atoms with Gasteiger partial charge in [0.25, 0.3) is 5.91 Å². The molecule has 0 aliphatic heterocycles. The van der Waals surface area contributed by atoms with Gasteiger partial charge in [-0.3, -0.25) is 9.59 Å². The van der Waals surface area contributed by atoms with Crippen LogP contribution in [0.2, 0.25) is 0 Å². The predicted octanol–water partition coefficient (Wildman–Crippen LogP) is 6.26. The zero-order chi connectivity index (χ0) is 28.2. The van der Waals surface area contributed by atoms with E-state index in [9.17, 15) is 9.59 Å². The molecule has 40 heavy (non-hydrogen) atoms. The molecule has 6 heteroatoms. The first-order valence-corrected chi connectivity index (χ1v) is 14.3. The van der Waals surface area contributed by atoms with Crippen molar-refractivity contribution in [3.63, 3.8) is 0 Å². The predicted molar refractivity (Wildman–Crippen MR) is 161 cm³/mol. The smallest absolute Gasteiger partial charge is 0.254 e. The van der Waals surface area contributed by atoms with Gasteiger partial charge in [0.2, 0.25) is 5.91 Å². The van der Waals surface area contributed by atoms with E-state index in [1.807, 2.05) is 77.8 Å². The van der Waals surface area contributed by atoms with Crippen molar-refractivity contribution in [2.75, 3.05) is 33.4 Å². The molecule has 0 saturated carbocycles. The van der Waals surface area contributed by atoms with Crippen LogP contribution in [-0.2, 0) is 28.9 Å². The molecule has 6 nitrogen and oxygen atoms in total. The molecule has 4 aromatic rings. The molecule has 1 heterocycles.